The van der Waals surface area contributed by atoms with Gasteiger partial charge in [0.1, 0.15) is 48.3 Å². The summed E-state index contributed by atoms with van der Waals surface area (Å²) in [5.74, 6) is -11.2. The highest BCUT2D eigenvalue weighted by atomic mass is 32.2. The molecule has 0 aromatic heterocycles. The van der Waals surface area contributed by atoms with E-state index in [9.17, 15) is 67.7 Å². The first kappa shape index (κ1) is 68.0. The van der Waals surface area contributed by atoms with E-state index in [1.807, 2.05) is 0 Å². The van der Waals surface area contributed by atoms with Gasteiger partial charge in [0.15, 0.2) is 0 Å². The Balaban J connectivity index is 3.27. The van der Waals surface area contributed by atoms with Gasteiger partial charge in [-0.15, -0.1) is 0 Å². The van der Waals surface area contributed by atoms with Crippen molar-refractivity contribution in [2.45, 2.75) is 188 Å². The van der Waals surface area contributed by atoms with Gasteiger partial charge in [0.25, 0.3) is 0 Å². The molecule has 0 aromatic rings. The number of carbonyl (C=O) groups is 12. The summed E-state index contributed by atoms with van der Waals surface area (Å²) in [5, 5.41) is 39.3. The van der Waals surface area contributed by atoms with Gasteiger partial charge >= 0.3 is 11.9 Å². The Morgan fingerprint density at radius 2 is 0.987 bits per heavy atom. The Kier molecular flexibility index (Phi) is 30.3. The van der Waals surface area contributed by atoms with Crippen molar-refractivity contribution < 1.29 is 67.7 Å². The van der Waals surface area contributed by atoms with Crippen molar-refractivity contribution >= 4 is 82.8 Å². The smallest absolute Gasteiger partial charge is 0.326 e. The number of hydrogen-bond acceptors (Lipinski definition) is 14. The molecule has 1 aliphatic rings. The van der Waals surface area contributed by atoms with E-state index >= 15 is 0 Å². The molecule has 1 saturated heterocycles. The van der Waals surface area contributed by atoms with Crippen LogP contribution in [-0.4, -0.2) is 166 Å². The molecule has 1 aliphatic heterocycles. The normalized spacial score (nSPS) is 16.6. The van der Waals surface area contributed by atoms with Crippen LogP contribution in [0.1, 0.15) is 133 Å². The Hall–Kier alpha value is -6.05. The molecule has 1 fully saturated rings. The second-order valence-corrected chi connectivity index (χ2v) is 22.4. The molecule has 14 N–H and O–H groups in total. The van der Waals surface area contributed by atoms with Gasteiger partial charge < -0.3 is 69.1 Å². The first-order valence-electron chi connectivity index (χ1n) is 26.1. The molecule has 10 amide bonds. The number of nitrogens with zero attached hydrogens (tertiary/aromatic N) is 1. The lowest BCUT2D eigenvalue weighted by Gasteiger charge is -2.30. The lowest BCUT2D eigenvalue weighted by molar-refractivity contribution is -0.143. The fraction of sp³-hybridized carbons (Fsp3) is 0.760. The molecule has 1 heterocycles. The molecule has 0 radical (unpaired) electrons. The fourth-order valence-corrected chi connectivity index (χ4v) is 8.67. The number of rotatable bonds is 35. The number of carboxylic acids is 2. The van der Waals surface area contributed by atoms with E-state index in [4.69, 9.17) is 11.5 Å². The minimum absolute atomic E-state index is 0.0343. The fourth-order valence-electron chi connectivity index (χ4n) is 8.20. The molecule has 25 nitrogen and oxygen atoms in total. The highest BCUT2D eigenvalue weighted by Gasteiger charge is 2.39. The molecule has 9 atom stereocenters. The highest BCUT2D eigenvalue weighted by molar-refractivity contribution is 7.98. The van der Waals surface area contributed by atoms with Gasteiger partial charge in [-0.25, -0.2) is 4.79 Å². The molecule has 0 unspecified atom stereocenters. The Labute approximate surface area is 450 Å². The van der Waals surface area contributed by atoms with E-state index in [1.54, 1.807) is 75.5 Å². The minimum atomic E-state index is -1.60. The SMILES string of the molecule is CSCC[C@H](NC(=O)[C@H](CCC(=O)O)NC(=O)[C@H](CC(C)C)NC(=O)[C@H](CC(C)C)NC(=O)[C@H](CC(C)C)NC(=O)CNC(=O)[C@H](CC(N)=O)NC(=O)[C@H](CC(C)C)NC(=O)[C@@H]1CCCN1C(=O)[C@@H](N)C(C)C)C(=O)O. The van der Waals surface area contributed by atoms with Crippen LogP contribution in [0, 0.1) is 29.6 Å². The third-order valence-corrected chi connectivity index (χ3v) is 12.8. The number of carboxylic acid groups (broad SMARTS) is 2. The van der Waals surface area contributed by atoms with Crippen LogP contribution in [0.15, 0.2) is 0 Å². The maximum atomic E-state index is 14.0. The van der Waals surface area contributed by atoms with Crippen molar-refractivity contribution in [3.63, 3.8) is 0 Å². The van der Waals surface area contributed by atoms with Crippen LogP contribution in [0.3, 0.4) is 0 Å². The molecule has 0 bridgehead atoms. The molecule has 26 heteroatoms. The summed E-state index contributed by atoms with van der Waals surface area (Å²) in [6.07, 6.45) is 1.30. The van der Waals surface area contributed by atoms with Gasteiger partial charge in [-0.3, -0.25) is 52.7 Å². The summed E-state index contributed by atoms with van der Waals surface area (Å²) in [4.78, 5) is 160. The van der Waals surface area contributed by atoms with Crippen LogP contribution in [0.2, 0.25) is 0 Å². The average molecular weight is 1100 g/mol. The zero-order valence-electron chi connectivity index (χ0n) is 46.1. The molecule has 432 valence electrons. The average Bonchev–Trinajstić information content (AvgIpc) is 3.81. The van der Waals surface area contributed by atoms with E-state index in [1.165, 1.54) is 16.7 Å². The first-order chi connectivity index (χ1) is 35.4. The quantitative estimate of drug-likeness (QED) is 0.0371. The Morgan fingerprint density at radius 1 is 0.566 bits per heavy atom. The van der Waals surface area contributed by atoms with E-state index in [-0.39, 0.29) is 61.7 Å². The number of carbonyl (C=O) groups excluding carboxylic acids is 10. The molecule has 0 saturated carbocycles. The first-order valence-corrected chi connectivity index (χ1v) is 27.4. The van der Waals surface area contributed by atoms with Crippen molar-refractivity contribution in [3.05, 3.63) is 0 Å². The summed E-state index contributed by atoms with van der Waals surface area (Å²) in [7, 11) is 0. The molecule has 76 heavy (non-hydrogen) atoms. The van der Waals surface area contributed by atoms with Gasteiger partial charge in [-0.2, -0.15) is 11.8 Å². The number of thioether (sulfide) groups is 1. The number of hydrogen-bond donors (Lipinski definition) is 12. The molecule has 0 spiro atoms. The van der Waals surface area contributed by atoms with E-state index in [2.05, 4.69) is 42.5 Å². The third-order valence-electron chi connectivity index (χ3n) is 12.2. The molecule has 0 aromatic carbocycles. The third kappa shape index (κ3) is 25.2. The summed E-state index contributed by atoms with van der Waals surface area (Å²) >= 11 is 1.35. The van der Waals surface area contributed by atoms with Crippen LogP contribution in [0.5, 0.6) is 0 Å². The van der Waals surface area contributed by atoms with Crippen LogP contribution in [-0.2, 0) is 57.5 Å². The number of amides is 10. The zero-order chi connectivity index (χ0) is 58.1. The van der Waals surface area contributed by atoms with Crippen molar-refractivity contribution in [3.8, 4) is 0 Å². The van der Waals surface area contributed by atoms with Gasteiger partial charge in [-0.05, 0) is 93.0 Å². The molecule has 1 rings (SSSR count). The number of primary amides is 1. The van der Waals surface area contributed by atoms with Gasteiger partial charge in [0, 0.05) is 13.0 Å². The van der Waals surface area contributed by atoms with Crippen molar-refractivity contribution in [2.24, 2.45) is 41.1 Å². The van der Waals surface area contributed by atoms with Crippen LogP contribution < -0.4 is 54.0 Å². The highest BCUT2D eigenvalue weighted by Crippen LogP contribution is 2.21. The van der Waals surface area contributed by atoms with E-state index in [0.29, 0.717) is 25.1 Å². The van der Waals surface area contributed by atoms with Crippen LogP contribution in [0.25, 0.3) is 0 Å². The second-order valence-electron chi connectivity index (χ2n) is 21.4. The van der Waals surface area contributed by atoms with Crippen molar-refractivity contribution in [2.75, 3.05) is 25.1 Å². The Morgan fingerprint density at radius 3 is 1.41 bits per heavy atom. The van der Waals surface area contributed by atoms with E-state index < -0.39 is 151 Å². The van der Waals surface area contributed by atoms with Crippen molar-refractivity contribution in [1.82, 2.24) is 47.4 Å². The molecular weight excluding hydrogens is 1010 g/mol. The van der Waals surface area contributed by atoms with E-state index in [0.717, 1.165) is 0 Å². The van der Waals surface area contributed by atoms with Gasteiger partial charge in [0.2, 0.25) is 59.1 Å². The maximum absolute atomic E-state index is 14.0. The van der Waals surface area contributed by atoms with Crippen LogP contribution in [0.4, 0.5) is 0 Å². The number of nitrogens with one attached hydrogen (secondary N) is 8. The molecular formula is C50H87N11O14S. The lowest BCUT2D eigenvalue weighted by atomic mass is 9.98. The number of aliphatic carboxylic acids is 2. The topological polar surface area (TPSA) is 397 Å². The predicted molar refractivity (Wildman–Crippen MR) is 283 cm³/mol. The maximum Gasteiger partial charge on any atom is 0.326 e. The summed E-state index contributed by atoms with van der Waals surface area (Å²) in [5.41, 5.74) is 11.5. The summed E-state index contributed by atoms with van der Waals surface area (Å²) in [6.45, 7) is 17.4. The van der Waals surface area contributed by atoms with Crippen LogP contribution >= 0.6 is 11.8 Å². The van der Waals surface area contributed by atoms with Gasteiger partial charge in [-0.1, -0.05) is 69.2 Å². The largest absolute Gasteiger partial charge is 0.481 e. The summed E-state index contributed by atoms with van der Waals surface area (Å²) < 4.78 is 0. The minimum Gasteiger partial charge on any atom is -0.481 e. The number of likely N-dealkylation sites (tertiary alicyclic amines) is 1. The molecule has 0 aliphatic carbocycles. The summed E-state index contributed by atoms with van der Waals surface area (Å²) in [6, 6.07) is -11.2. The second kappa shape index (κ2) is 33.9. The van der Waals surface area contributed by atoms with Gasteiger partial charge in [0.05, 0.1) is 19.0 Å². The zero-order valence-corrected chi connectivity index (χ0v) is 46.9. The van der Waals surface area contributed by atoms with Crippen molar-refractivity contribution in [1.29, 1.82) is 0 Å². The Bertz CT molecular complexity index is 2020. The predicted octanol–water partition coefficient (Wildman–Crippen LogP) is -0.767. The lowest BCUT2D eigenvalue weighted by Crippen LogP contribution is -2.59. The standard InChI is InChI=1S/C50H87N11O14S/c1-25(2)19-32(44(68)57-34(21-27(5)6)46(70)58-33(20-26(3)4)45(69)55-30(14-15-40(64)65)43(67)56-31(50(74)75)16-18-76-11)54-39(63)24-53-42(66)36(23-38(51)62)59-47(71)35(22-28(7)8)60-48(72)37-13-12-17-61(37)49(73)41(52)29(9)10/h25-37,41H,12-24,52H2,1-11H3,(H2,51,62)(H,53,66)(H,54,63)(H,55,69)(H,56,67)(H,57,68)(H,58,70)(H,59,71)(H,60,72)(H,64,65)(H,74,75)/t30-,31-,32-,33-,34-,35-,36-,37-,41-/m0/s1. The number of nitrogens with two attached hydrogens (primary N) is 2. The monoisotopic (exact) mass is 1100 g/mol.